The van der Waals surface area contributed by atoms with Crippen LogP contribution in [0.1, 0.15) is 5.56 Å². The Bertz CT molecular complexity index is 259. The van der Waals surface area contributed by atoms with Crippen molar-refractivity contribution in [3.63, 3.8) is 0 Å². The molecule has 0 atom stereocenters. The first-order valence-corrected chi connectivity index (χ1v) is 3.71. The van der Waals surface area contributed by atoms with Gasteiger partial charge in [-0.15, -0.1) is 5.10 Å². The summed E-state index contributed by atoms with van der Waals surface area (Å²) in [5.74, 6) is 0. The summed E-state index contributed by atoms with van der Waals surface area (Å²) in [6.45, 7) is 2.08. The molecule has 0 spiro atoms. The van der Waals surface area contributed by atoms with Gasteiger partial charge in [0.05, 0.1) is 6.20 Å². The van der Waals surface area contributed by atoms with Crippen LogP contribution >= 0.6 is 0 Å². The minimum atomic E-state index is 1.32. The van der Waals surface area contributed by atoms with Gasteiger partial charge in [-0.2, -0.15) is 0 Å². The van der Waals surface area contributed by atoms with Gasteiger partial charge in [0.2, 0.25) is 0 Å². The number of nitrogens with zero attached hydrogens (tertiary/aromatic N) is 2. The first kappa shape index (κ1) is 8.46. The summed E-state index contributed by atoms with van der Waals surface area (Å²) in [5.41, 5.74) is 1.32. The second kappa shape index (κ2) is 5.07. The summed E-state index contributed by atoms with van der Waals surface area (Å²) in [4.78, 5) is 0. The van der Waals surface area contributed by atoms with Crippen molar-refractivity contribution in [1.82, 2.24) is 15.4 Å². The molecule has 1 heterocycles. The Kier molecular flexibility index (Phi) is 3.57. The molecular weight excluding hydrogens is 150 g/mol. The molecule has 0 bridgehead atoms. The van der Waals surface area contributed by atoms with Crippen molar-refractivity contribution in [2.75, 3.05) is 0 Å². The lowest BCUT2D eigenvalue weighted by Gasteiger charge is -1.82. The van der Waals surface area contributed by atoms with E-state index in [9.17, 15) is 0 Å². The first-order valence-electron chi connectivity index (χ1n) is 3.71. The van der Waals surface area contributed by atoms with Gasteiger partial charge in [-0.3, -0.25) is 5.10 Å². The number of benzene rings is 1. The fourth-order valence-corrected chi connectivity index (χ4v) is 0.701. The molecule has 2 aromatic rings. The maximum absolute atomic E-state index is 3.42. The van der Waals surface area contributed by atoms with E-state index in [-0.39, 0.29) is 0 Å². The molecule has 0 saturated heterocycles. The van der Waals surface area contributed by atoms with E-state index in [1.54, 1.807) is 12.4 Å². The summed E-state index contributed by atoms with van der Waals surface area (Å²) >= 11 is 0. The number of rotatable bonds is 0. The fourth-order valence-electron chi connectivity index (χ4n) is 0.701. The topological polar surface area (TPSA) is 41.6 Å². The second-order valence-corrected chi connectivity index (χ2v) is 2.32. The van der Waals surface area contributed by atoms with E-state index in [2.05, 4.69) is 34.5 Å². The van der Waals surface area contributed by atoms with Gasteiger partial charge >= 0.3 is 0 Å². The SMILES string of the molecule is Cc1ccccc1.c1c[nH]nn1. The number of aromatic nitrogens is 3. The van der Waals surface area contributed by atoms with Gasteiger partial charge in [0.1, 0.15) is 0 Å². The third kappa shape index (κ3) is 3.51. The van der Waals surface area contributed by atoms with Gasteiger partial charge in [0.25, 0.3) is 0 Å². The van der Waals surface area contributed by atoms with E-state index in [1.807, 2.05) is 18.2 Å². The molecular formula is C9H11N3. The molecule has 0 aliphatic heterocycles. The van der Waals surface area contributed by atoms with Crippen molar-refractivity contribution in [2.45, 2.75) is 6.92 Å². The minimum Gasteiger partial charge on any atom is -0.266 e. The second-order valence-electron chi connectivity index (χ2n) is 2.32. The number of nitrogens with one attached hydrogen (secondary N) is 1. The molecule has 0 aliphatic carbocycles. The quantitative estimate of drug-likeness (QED) is 0.640. The standard InChI is InChI=1S/C7H8.C2H3N3/c1-7-5-3-2-4-6-7;1-2-4-5-3-1/h2-6H,1H3;1-2H,(H,3,4,5). The highest BCUT2D eigenvalue weighted by Crippen LogP contribution is 1.92. The molecule has 2 rings (SSSR count). The molecule has 0 radical (unpaired) electrons. The highest BCUT2D eigenvalue weighted by molar-refractivity contribution is 5.11. The molecule has 1 aromatic carbocycles. The highest BCUT2D eigenvalue weighted by Gasteiger charge is 1.72. The van der Waals surface area contributed by atoms with E-state index in [0.29, 0.717) is 0 Å². The molecule has 0 unspecified atom stereocenters. The Labute approximate surface area is 71.4 Å². The number of H-pyrrole nitrogens is 1. The van der Waals surface area contributed by atoms with Crippen LogP contribution in [-0.4, -0.2) is 15.4 Å². The number of aryl methyl sites for hydroxylation is 1. The predicted molar refractivity (Wildman–Crippen MR) is 47.6 cm³/mol. The molecule has 0 amide bonds. The van der Waals surface area contributed by atoms with Gasteiger partial charge in [-0.05, 0) is 6.92 Å². The van der Waals surface area contributed by atoms with E-state index in [4.69, 9.17) is 0 Å². The molecule has 1 N–H and O–H groups in total. The summed E-state index contributed by atoms with van der Waals surface area (Å²) in [7, 11) is 0. The van der Waals surface area contributed by atoms with Crippen LogP contribution in [0.2, 0.25) is 0 Å². The third-order valence-electron chi connectivity index (χ3n) is 1.27. The Hall–Kier alpha value is -1.64. The van der Waals surface area contributed by atoms with Crippen LogP contribution in [0.4, 0.5) is 0 Å². The van der Waals surface area contributed by atoms with Gasteiger partial charge in [0, 0.05) is 6.20 Å². The highest BCUT2D eigenvalue weighted by atomic mass is 15.3. The third-order valence-corrected chi connectivity index (χ3v) is 1.27. The average molecular weight is 161 g/mol. The van der Waals surface area contributed by atoms with Gasteiger partial charge < -0.3 is 0 Å². The van der Waals surface area contributed by atoms with Crippen LogP contribution in [0.5, 0.6) is 0 Å². The number of hydrogen-bond acceptors (Lipinski definition) is 2. The molecule has 3 heteroatoms. The predicted octanol–water partition coefficient (Wildman–Crippen LogP) is 1.80. The largest absolute Gasteiger partial charge is 0.266 e. The van der Waals surface area contributed by atoms with Gasteiger partial charge in [0.15, 0.2) is 0 Å². The van der Waals surface area contributed by atoms with Crippen molar-refractivity contribution < 1.29 is 0 Å². The Morgan fingerprint density at radius 2 is 1.92 bits per heavy atom. The number of aromatic amines is 1. The smallest absolute Gasteiger partial charge is 0.0690 e. The Morgan fingerprint density at radius 1 is 1.17 bits per heavy atom. The molecule has 0 saturated carbocycles. The molecule has 62 valence electrons. The van der Waals surface area contributed by atoms with E-state index in [0.717, 1.165) is 0 Å². The molecule has 1 aromatic heterocycles. The Balaban J connectivity index is 0.000000127. The minimum absolute atomic E-state index is 1.32. The van der Waals surface area contributed by atoms with Crippen molar-refractivity contribution in [1.29, 1.82) is 0 Å². The molecule has 3 nitrogen and oxygen atoms in total. The zero-order valence-electron chi connectivity index (χ0n) is 6.94. The zero-order valence-corrected chi connectivity index (χ0v) is 6.94. The number of hydrogen-bond donors (Lipinski definition) is 1. The Morgan fingerprint density at radius 3 is 2.17 bits per heavy atom. The van der Waals surface area contributed by atoms with Gasteiger partial charge in [-0.1, -0.05) is 41.1 Å². The lowest BCUT2D eigenvalue weighted by molar-refractivity contribution is 0.940. The fraction of sp³-hybridized carbons (Fsp3) is 0.111. The lowest BCUT2D eigenvalue weighted by atomic mass is 10.2. The van der Waals surface area contributed by atoms with Crippen LogP contribution in [-0.2, 0) is 0 Å². The van der Waals surface area contributed by atoms with Crippen molar-refractivity contribution in [3.8, 4) is 0 Å². The summed E-state index contributed by atoms with van der Waals surface area (Å²) in [6.07, 6.45) is 3.24. The van der Waals surface area contributed by atoms with Crippen molar-refractivity contribution in [3.05, 3.63) is 48.3 Å². The lowest BCUT2D eigenvalue weighted by Crippen LogP contribution is -1.62. The summed E-state index contributed by atoms with van der Waals surface area (Å²) < 4.78 is 0. The van der Waals surface area contributed by atoms with E-state index in [1.165, 1.54) is 5.56 Å². The van der Waals surface area contributed by atoms with Crippen LogP contribution in [0.3, 0.4) is 0 Å². The van der Waals surface area contributed by atoms with Crippen LogP contribution in [0.15, 0.2) is 42.7 Å². The van der Waals surface area contributed by atoms with Crippen LogP contribution < -0.4 is 0 Å². The summed E-state index contributed by atoms with van der Waals surface area (Å²) in [6, 6.07) is 10.3. The van der Waals surface area contributed by atoms with Crippen LogP contribution in [0, 0.1) is 6.92 Å². The monoisotopic (exact) mass is 161 g/mol. The summed E-state index contributed by atoms with van der Waals surface area (Å²) in [5, 5.41) is 9.26. The normalized spacial score (nSPS) is 8.42. The van der Waals surface area contributed by atoms with Gasteiger partial charge in [-0.25, -0.2) is 0 Å². The first-order chi connectivity index (χ1) is 5.89. The molecule has 12 heavy (non-hydrogen) atoms. The zero-order chi connectivity index (χ0) is 8.65. The average Bonchev–Trinajstić information content (AvgIpc) is 2.62. The molecule has 0 fully saturated rings. The maximum atomic E-state index is 3.42. The van der Waals surface area contributed by atoms with E-state index < -0.39 is 0 Å². The van der Waals surface area contributed by atoms with Crippen molar-refractivity contribution in [2.24, 2.45) is 0 Å². The van der Waals surface area contributed by atoms with Crippen LogP contribution in [0.25, 0.3) is 0 Å². The molecule has 0 aliphatic rings. The maximum Gasteiger partial charge on any atom is 0.0690 e. The van der Waals surface area contributed by atoms with E-state index >= 15 is 0 Å². The van der Waals surface area contributed by atoms with Crippen molar-refractivity contribution >= 4 is 0 Å².